The molecule has 2 saturated carbocycles. The molecule has 0 radical (unpaired) electrons. The molecule has 2 nitrogen and oxygen atoms in total. The van der Waals surface area contributed by atoms with E-state index in [1.54, 1.807) is 0 Å². The molecule has 1 aliphatic heterocycles. The number of aryl methyl sites for hydroxylation is 1. The van der Waals surface area contributed by atoms with Crippen molar-refractivity contribution >= 4 is 11.6 Å². The molecular weight excluding hydrogens is 416 g/mol. The Morgan fingerprint density at radius 3 is 2.06 bits per heavy atom. The first-order valence-corrected chi connectivity index (χ1v) is 13.7. The van der Waals surface area contributed by atoms with Gasteiger partial charge in [0.05, 0.1) is 13.2 Å². The topological polar surface area (TPSA) is 18.5 Å². The summed E-state index contributed by atoms with van der Waals surface area (Å²) in [5, 5.41) is 0.842. The van der Waals surface area contributed by atoms with Crippen molar-refractivity contribution in [3.8, 4) is 0 Å². The van der Waals surface area contributed by atoms with E-state index in [1.165, 1.54) is 76.2 Å². The minimum absolute atomic E-state index is 0.0513. The number of hydrogen-bond acceptors (Lipinski definition) is 2. The Morgan fingerprint density at radius 1 is 0.844 bits per heavy atom. The summed E-state index contributed by atoms with van der Waals surface area (Å²) in [6.07, 6.45) is 20.7. The molecule has 178 valence electrons. The van der Waals surface area contributed by atoms with Gasteiger partial charge in [-0.2, -0.15) is 0 Å². The van der Waals surface area contributed by atoms with Crippen LogP contribution in [0.5, 0.6) is 0 Å². The van der Waals surface area contributed by atoms with Crippen LogP contribution in [0.2, 0.25) is 5.02 Å². The first kappa shape index (κ1) is 24.3. The fourth-order valence-electron chi connectivity index (χ4n) is 6.23. The van der Waals surface area contributed by atoms with E-state index in [1.807, 2.05) is 12.1 Å². The smallest absolute Gasteiger partial charge is 0.160 e. The maximum Gasteiger partial charge on any atom is 0.160 e. The molecule has 3 heteroatoms. The van der Waals surface area contributed by atoms with E-state index in [-0.39, 0.29) is 6.29 Å². The van der Waals surface area contributed by atoms with Crippen LogP contribution in [0.1, 0.15) is 83.1 Å². The summed E-state index contributed by atoms with van der Waals surface area (Å²) >= 11 is 6.01. The largest absolute Gasteiger partial charge is 0.352 e. The van der Waals surface area contributed by atoms with Crippen LogP contribution in [-0.4, -0.2) is 19.5 Å². The third-order valence-electron chi connectivity index (χ3n) is 8.33. The van der Waals surface area contributed by atoms with Crippen molar-refractivity contribution in [2.45, 2.75) is 90.3 Å². The van der Waals surface area contributed by atoms with Gasteiger partial charge in [0.25, 0.3) is 0 Å². The molecule has 1 aromatic carbocycles. The Morgan fingerprint density at radius 2 is 1.44 bits per heavy atom. The Kier molecular flexibility index (Phi) is 9.55. The summed E-state index contributed by atoms with van der Waals surface area (Å²) in [5.41, 5.74) is 1.44. The van der Waals surface area contributed by atoms with Crippen molar-refractivity contribution in [2.75, 3.05) is 13.2 Å². The first-order chi connectivity index (χ1) is 15.7. The van der Waals surface area contributed by atoms with Crippen molar-refractivity contribution in [1.29, 1.82) is 0 Å². The SMILES string of the molecule is CCC/C=C/C1COC(C2CCC(C3CCC(CCc4ccc(Cl)cc4)CC3)CC2)OC1. The molecule has 0 N–H and O–H groups in total. The zero-order valence-electron chi connectivity index (χ0n) is 20.0. The van der Waals surface area contributed by atoms with E-state index in [0.29, 0.717) is 11.8 Å². The van der Waals surface area contributed by atoms with Crippen molar-refractivity contribution < 1.29 is 9.47 Å². The maximum atomic E-state index is 6.14. The van der Waals surface area contributed by atoms with Gasteiger partial charge in [-0.1, -0.05) is 62.1 Å². The molecule has 1 heterocycles. The van der Waals surface area contributed by atoms with Crippen LogP contribution in [0, 0.1) is 29.6 Å². The number of benzene rings is 1. The third kappa shape index (κ3) is 7.08. The minimum atomic E-state index is 0.0513. The molecule has 32 heavy (non-hydrogen) atoms. The zero-order valence-corrected chi connectivity index (χ0v) is 20.8. The van der Waals surface area contributed by atoms with Crippen molar-refractivity contribution in [3.63, 3.8) is 0 Å². The summed E-state index contributed by atoms with van der Waals surface area (Å²) in [7, 11) is 0. The highest BCUT2D eigenvalue weighted by atomic mass is 35.5. The summed E-state index contributed by atoms with van der Waals surface area (Å²) < 4.78 is 12.3. The van der Waals surface area contributed by atoms with Crippen molar-refractivity contribution in [1.82, 2.24) is 0 Å². The van der Waals surface area contributed by atoms with Crippen LogP contribution in [0.3, 0.4) is 0 Å². The molecule has 0 atom stereocenters. The highest BCUT2D eigenvalue weighted by Crippen LogP contribution is 2.43. The summed E-state index contributed by atoms with van der Waals surface area (Å²) in [6, 6.07) is 8.43. The van der Waals surface area contributed by atoms with Crippen molar-refractivity contribution in [2.24, 2.45) is 29.6 Å². The number of unbranched alkanes of at least 4 members (excludes halogenated alkanes) is 1. The van der Waals surface area contributed by atoms with Gasteiger partial charge >= 0.3 is 0 Å². The zero-order chi connectivity index (χ0) is 22.2. The first-order valence-electron chi connectivity index (χ1n) is 13.4. The molecule has 1 aromatic rings. The van der Waals surface area contributed by atoms with Crippen LogP contribution in [-0.2, 0) is 15.9 Å². The fourth-order valence-corrected chi connectivity index (χ4v) is 6.36. The van der Waals surface area contributed by atoms with Crippen LogP contribution in [0.4, 0.5) is 0 Å². The van der Waals surface area contributed by atoms with Gasteiger partial charge in [-0.15, -0.1) is 0 Å². The van der Waals surface area contributed by atoms with Gasteiger partial charge in [-0.05, 0) is 93.2 Å². The predicted octanol–water partition coefficient (Wildman–Crippen LogP) is 8.23. The van der Waals surface area contributed by atoms with Gasteiger partial charge in [0, 0.05) is 16.9 Å². The molecule has 3 fully saturated rings. The normalized spacial score (nSPS) is 34.1. The van der Waals surface area contributed by atoms with E-state index >= 15 is 0 Å². The molecule has 1 saturated heterocycles. The van der Waals surface area contributed by atoms with Gasteiger partial charge in [0.2, 0.25) is 0 Å². The highest BCUT2D eigenvalue weighted by molar-refractivity contribution is 6.30. The Balaban J connectivity index is 1.12. The lowest BCUT2D eigenvalue weighted by atomic mass is 9.68. The minimum Gasteiger partial charge on any atom is -0.352 e. The molecule has 4 rings (SSSR count). The fraction of sp³-hybridized carbons (Fsp3) is 0.724. The lowest BCUT2D eigenvalue weighted by molar-refractivity contribution is -0.223. The van der Waals surface area contributed by atoms with Gasteiger partial charge in [0.15, 0.2) is 6.29 Å². The van der Waals surface area contributed by atoms with Crippen LogP contribution in [0.15, 0.2) is 36.4 Å². The maximum absolute atomic E-state index is 6.14. The number of halogens is 1. The predicted molar refractivity (Wildman–Crippen MR) is 134 cm³/mol. The van der Waals surface area contributed by atoms with E-state index in [9.17, 15) is 0 Å². The van der Waals surface area contributed by atoms with Gasteiger partial charge < -0.3 is 9.47 Å². The van der Waals surface area contributed by atoms with E-state index < -0.39 is 0 Å². The summed E-state index contributed by atoms with van der Waals surface area (Å²) in [5.74, 6) is 3.88. The lowest BCUT2D eigenvalue weighted by Gasteiger charge is -2.40. The summed E-state index contributed by atoms with van der Waals surface area (Å²) in [4.78, 5) is 0. The number of hydrogen-bond donors (Lipinski definition) is 0. The molecule has 0 aromatic heterocycles. The van der Waals surface area contributed by atoms with Gasteiger partial charge in [-0.3, -0.25) is 0 Å². The monoisotopic (exact) mass is 458 g/mol. The molecule has 0 amide bonds. The Bertz CT molecular complexity index is 676. The van der Waals surface area contributed by atoms with Crippen molar-refractivity contribution in [3.05, 3.63) is 47.0 Å². The van der Waals surface area contributed by atoms with Crippen LogP contribution < -0.4 is 0 Å². The quantitative estimate of drug-likeness (QED) is 0.365. The molecule has 0 unspecified atom stereocenters. The third-order valence-corrected chi connectivity index (χ3v) is 8.58. The number of allylic oxidation sites excluding steroid dienone is 1. The highest BCUT2D eigenvalue weighted by Gasteiger charge is 2.35. The van der Waals surface area contributed by atoms with E-state index in [2.05, 4.69) is 31.2 Å². The molecule has 0 bridgehead atoms. The average Bonchev–Trinajstić information content (AvgIpc) is 2.85. The van der Waals surface area contributed by atoms with Gasteiger partial charge in [0.1, 0.15) is 0 Å². The summed E-state index contributed by atoms with van der Waals surface area (Å²) in [6.45, 7) is 3.90. The average molecular weight is 459 g/mol. The number of ether oxygens (including phenoxy) is 2. The molecule has 0 spiro atoms. The Labute approximate surface area is 201 Å². The second-order valence-corrected chi connectivity index (χ2v) is 11.1. The van der Waals surface area contributed by atoms with E-state index in [4.69, 9.17) is 21.1 Å². The lowest BCUT2D eigenvalue weighted by Crippen LogP contribution is -2.38. The van der Waals surface area contributed by atoms with Crippen LogP contribution in [0.25, 0.3) is 0 Å². The number of rotatable bonds is 8. The molecule has 3 aliphatic rings. The second kappa shape index (κ2) is 12.6. The van der Waals surface area contributed by atoms with Crippen LogP contribution >= 0.6 is 11.6 Å². The standard InChI is InChI=1S/C29H43ClO2/c1-2-3-4-5-24-20-31-29(32-21-24)27-16-14-26(15-17-27)25-12-8-22(9-13-25)6-7-23-10-18-28(30)19-11-23/h4-5,10-11,18-19,22,24-27,29H,2-3,6-9,12-17,20-21H2,1H3/b5-4+. The second-order valence-electron chi connectivity index (χ2n) is 10.6. The molecule has 2 aliphatic carbocycles. The molecular formula is C29H43ClO2. The Hall–Kier alpha value is -0.830. The van der Waals surface area contributed by atoms with E-state index in [0.717, 1.165) is 42.4 Å². The van der Waals surface area contributed by atoms with Gasteiger partial charge in [-0.25, -0.2) is 0 Å².